The molecular formula is C54H34N2S2. The maximum atomic E-state index is 2.49. The first-order chi connectivity index (χ1) is 28.8. The Bertz CT molecular complexity index is 3500. The zero-order valence-electron chi connectivity index (χ0n) is 31.3. The number of hydrogen-bond donors (Lipinski definition) is 0. The fourth-order valence-electron chi connectivity index (χ4n) is 8.94. The zero-order valence-corrected chi connectivity index (χ0v) is 33.0. The second-order valence-electron chi connectivity index (χ2n) is 14.9. The van der Waals surface area contributed by atoms with Gasteiger partial charge in [-0.25, -0.2) is 0 Å². The summed E-state index contributed by atoms with van der Waals surface area (Å²) < 4.78 is 7.65. The molecule has 0 saturated carbocycles. The number of anilines is 3. The Labute approximate surface area is 343 Å². The summed E-state index contributed by atoms with van der Waals surface area (Å²) in [6.07, 6.45) is 0. The van der Waals surface area contributed by atoms with Gasteiger partial charge in [-0.1, -0.05) is 127 Å². The third-order valence-electron chi connectivity index (χ3n) is 11.6. The first kappa shape index (κ1) is 33.2. The Hall–Kier alpha value is -6.98. The van der Waals surface area contributed by atoms with Crippen LogP contribution >= 0.6 is 22.7 Å². The Kier molecular flexibility index (Phi) is 7.62. The molecule has 0 fully saturated rings. The number of hydrogen-bond acceptors (Lipinski definition) is 3. The van der Waals surface area contributed by atoms with Crippen molar-refractivity contribution in [1.82, 2.24) is 4.57 Å². The van der Waals surface area contributed by atoms with Crippen molar-refractivity contribution in [2.45, 2.75) is 0 Å². The van der Waals surface area contributed by atoms with Crippen LogP contribution in [-0.2, 0) is 0 Å². The van der Waals surface area contributed by atoms with Crippen molar-refractivity contribution in [3.05, 3.63) is 206 Å². The van der Waals surface area contributed by atoms with E-state index in [1.165, 1.54) is 90.1 Å². The second kappa shape index (κ2) is 13.3. The average molecular weight is 775 g/mol. The minimum atomic E-state index is 1.12. The summed E-state index contributed by atoms with van der Waals surface area (Å²) >= 11 is 3.74. The summed E-state index contributed by atoms with van der Waals surface area (Å²) in [7, 11) is 0. The van der Waals surface area contributed by atoms with Gasteiger partial charge in [0, 0.05) is 69.0 Å². The van der Waals surface area contributed by atoms with E-state index in [1.54, 1.807) is 0 Å². The van der Waals surface area contributed by atoms with Crippen molar-refractivity contribution in [3.8, 4) is 27.9 Å². The Morgan fingerprint density at radius 1 is 0.362 bits per heavy atom. The van der Waals surface area contributed by atoms with E-state index in [-0.39, 0.29) is 0 Å². The molecule has 0 aliphatic rings. The predicted molar refractivity (Wildman–Crippen MR) is 252 cm³/mol. The lowest BCUT2D eigenvalue weighted by Crippen LogP contribution is -2.10. The Balaban J connectivity index is 1.19. The van der Waals surface area contributed by atoms with E-state index in [0.29, 0.717) is 0 Å². The molecule has 4 heteroatoms. The van der Waals surface area contributed by atoms with Crippen molar-refractivity contribution < 1.29 is 0 Å². The molecule has 0 atom stereocenters. The third kappa shape index (κ3) is 5.23. The minimum absolute atomic E-state index is 1.12. The molecule has 12 rings (SSSR count). The van der Waals surface area contributed by atoms with Crippen molar-refractivity contribution >= 4 is 102 Å². The predicted octanol–water partition coefficient (Wildman–Crippen LogP) is 16.3. The maximum absolute atomic E-state index is 2.49. The number of thiophene rings is 2. The summed E-state index contributed by atoms with van der Waals surface area (Å²) in [5.41, 5.74) is 11.8. The van der Waals surface area contributed by atoms with E-state index in [0.717, 1.165) is 17.1 Å². The van der Waals surface area contributed by atoms with E-state index in [2.05, 4.69) is 216 Å². The molecule has 0 N–H and O–H groups in total. The fraction of sp³-hybridized carbons (Fsp3) is 0. The number of para-hydroxylation sites is 1. The highest BCUT2D eigenvalue weighted by molar-refractivity contribution is 7.26. The van der Waals surface area contributed by atoms with Crippen LogP contribution in [0.25, 0.3) is 90.1 Å². The van der Waals surface area contributed by atoms with Crippen LogP contribution in [0.5, 0.6) is 0 Å². The van der Waals surface area contributed by atoms with Crippen molar-refractivity contribution in [2.75, 3.05) is 4.90 Å². The fourth-order valence-corrected chi connectivity index (χ4v) is 11.2. The third-order valence-corrected chi connectivity index (χ3v) is 13.9. The highest BCUT2D eigenvalue weighted by Crippen LogP contribution is 2.48. The van der Waals surface area contributed by atoms with Crippen LogP contribution in [0, 0.1) is 0 Å². The lowest BCUT2D eigenvalue weighted by Gasteiger charge is -2.26. The topological polar surface area (TPSA) is 8.17 Å². The average Bonchev–Trinajstić information content (AvgIpc) is 3.97. The molecule has 3 aromatic heterocycles. The van der Waals surface area contributed by atoms with Gasteiger partial charge in [0.05, 0.1) is 21.4 Å². The van der Waals surface area contributed by atoms with Crippen LogP contribution in [0.15, 0.2) is 206 Å². The number of nitrogens with zero attached hydrogens (tertiary/aromatic N) is 2. The number of fused-ring (bicyclic) bond motifs is 9. The van der Waals surface area contributed by atoms with Crippen LogP contribution < -0.4 is 4.90 Å². The van der Waals surface area contributed by atoms with Crippen LogP contribution in [-0.4, -0.2) is 4.57 Å². The molecule has 0 aliphatic carbocycles. The maximum Gasteiger partial charge on any atom is 0.0640 e. The van der Waals surface area contributed by atoms with Crippen molar-refractivity contribution in [2.24, 2.45) is 0 Å². The molecule has 0 bridgehead atoms. The number of aromatic nitrogens is 1. The zero-order chi connectivity index (χ0) is 38.2. The van der Waals surface area contributed by atoms with Crippen LogP contribution in [0.1, 0.15) is 0 Å². The molecule has 9 aromatic carbocycles. The molecule has 58 heavy (non-hydrogen) atoms. The Morgan fingerprint density at radius 2 is 0.948 bits per heavy atom. The van der Waals surface area contributed by atoms with Gasteiger partial charge in [0.25, 0.3) is 0 Å². The molecule has 2 nitrogen and oxygen atoms in total. The van der Waals surface area contributed by atoms with E-state index in [9.17, 15) is 0 Å². The highest BCUT2D eigenvalue weighted by atomic mass is 32.1. The Morgan fingerprint density at radius 3 is 1.71 bits per heavy atom. The largest absolute Gasteiger partial charge is 0.309 e. The lowest BCUT2D eigenvalue weighted by molar-refractivity contribution is 1.18. The molecule has 0 unspecified atom stereocenters. The second-order valence-corrected chi connectivity index (χ2v) is 17.0. The molecule has 272 valence electrons. The van der Waals surface area contributed by atoms with Crippen LogP contribution in [0.3, 0.4) is 0 Å². The van der Waals surface area contributed by atoms with Gasteiger partial charge in [-0.05, 0) is 95.6 Å². The molecule has 0 aliphatic heterocycles. The molecule has 0 amide bonds. The molecule has 0 saturated heterocycles. The van der Waals surface area contributed by atoms with E-state index in [4.69, 9.17) is 0 Å². The van der Waals surface area contributed by atoms with E-state index in [1.807, 2.05) is 22.7 Å². The van der Waals surface area contributed by atoms with E-state index >= 15 is 0 Å². The van der Waals surface area contributed by atoms with Gasteiger partial charge in [-0.2, -0.15) is 0 Å². The van der Waals surface area contributed by atoms with Crippen LogP contribution in [0.4, 0.5) is 17.1 Å². The van der Waals surface area contributed by atoms with Gasteiger partial charge < -0.3 is 9.47 Å². The van der Waals surface area contributed by atoms with Gasteiger partial charge in [0.2, 0.25) is 0 Å². The molecule has 0 spiro atoms. The quantitative estimate of drug-likeness (QED) is 0.163. The number of benzene rings is 9. The molecular weight excluding hydrogens is 741 g/mol. The summed E-state index contributed by atoms with van der Waals surface area (Å²) in [5, 5.41) is 7.60. The summed E-state index contributed by atoms with van der Waals surface area (Å²) in [5.74, 6) is 0. The van der Waals surface area contributed by atoms with Crippen molar-refractivity contribution in [3.63, 3.8) is 0 Å². The summed E-state index contributed by atoms with van der Waals surface area (Å²) in [6.45, 7) is 0. The standard InChI is InChI=1S/C54H34N2S2/c1-4-15-35(16-5-1)37-31-44(36-17-6-2-7-18-36)53-47(32-37)45-33-39(27-29-48(45)56(53)38-19-8-3-9-20-38)55(40-28-30-52-46(34-40)42-22-11-12-25-50(42)57-52)49-24-14-23-43-41-21-10-13-26-51(41)58-54(43)49/h1-34H. The van der Waals surface area contributed by atoms with Gasteiger partial charge in [-0.15, -0.1) is 22.7 Å². The lowest BCUT2D eigenvalue weighted by atomic mass is 9.95. The molecule has 0 radical (unpaired) electrons. The summed E-state index contributed by atoms with van der Waals surface area (Å²) in [4.78, 5) is 2.49. The summed E-state index contributed by atoms with van der Waals surface area (Å²) in [6, 6.07) is 75.8. The van der Waals surface area contributed by atoms with Gasteiger partial charge in [-0.3, -0.25) is 0 Å². The normalized spacial score (nSPS) is 11.8. The monoisotopic (exact) mass is 774 g/mol. The van der Waals surface area contributed by atoms with Gasteiger partial charge in [0.15, 0.2) is 0 Å². The molecule has 3 heterocycles. The van der Waals surface area contributed by atoms with Gasteiger partial charge >= 0.3 is 0 Å². The smallest absolute Gasteiger partial charge is 0.0640 e. The number of rotatable bonds is 6. The SMILES string of the molecule is c1ccc(-c2cc(-c3ccccc3)c3c(c2)c2cc(N(c4ccc5sc6ccccc6c5c4)c4cccc5c4sc4ccccc45)ccc2n3-c2ccccc2)cc1. The van der Waals surface area contributed by atoms with Crippen molar-refractivity contribution in [1.29, 1.82) is 0 Å². The minimum Gasteiger partial charge on any atom is -0.309 e. The molecule has 12 aromatic rings. The first-order valence-corrected chi connectivity index (χ1v) is 21.3. The van der Waals surface area contributed by atoms with Gasteiger partial charge in [0.1, 0.15) is 0 Å². The van der Waals surface area contributed by atoms with Crippen LogP contribution in [0.2, 0.25) is 0 Å². The first-order valence-electron chi connectivity index (χ1n) is 19.7. The van der Waals surface area contributed by atoms with E-state index < -0.39 is 0 Å². The highest BCUT2D eigenvalue weighted by Gasteiger charge is 2.23.